The molecule has 0 aromatic carbocycles. The largest absolute Gasteiger partial charge is 0.394 e. The topological polar surface area (TPSA) is 48.0 Å². The van der Waals surface area contributed by atoms with Gasteiger partial charge in [-0.2, -0.15) is 0 Å². The molecule has 18 heavy (non-hydrogen) atoms. The number of nitrogens with zero attached hydrogens (tertiary/aromatic N) is 2. The maximum Gasteiger partial charge on any atom is 0.0623 e. The molecule has 2 saturated heterocycles. The van der Waals surface area contributed by atoms with Crippen LogP contribution in [0.3, 0.4) is 0 Å². The van der Waals surface area contributed by atoms with E-state index in [1.807, 2.05) is 7.05 Å². The Hall–Kier alpha value is -0.200. The maximum atomic E-state index is 9.44. The summed E-state index contributed by atoms with van der Waals surface area (Å²) in [6, 6.07) is 0.675. The van der Waals surface area contributed by atoms with Gasteiger partial charge in [-0.05, 0) is 26.9 Å². The molecule has 2 unspecified atom stereocenters. The minimum Gasteiger partial charge on any atom is -0.394 e. The molecule has 2 N–H and O–H groups in total. The summed E-state index contributed by atoms with van der Waals surface area (Å²) >= 11 is 0. The van der Waals surface area contributed by atoms with E-state index in [2.05, 4.69) is 22.0 Å². The summed E-state index contributed by atoms with van der Waals surface area (Å²) in [6.07, 6.45) is 1.24. The lowest BCUT2D eigenvalue weighted by molar-refractivity contribution is 0.0177. The molecule has 5 heteroatoms. The number of rotatable bonds is 5. The summed E-state index contributed by atoms with van der Waals surface area (Å²) < 4.78 is 5.40. The molecule has 0 spiro atoms. The Labute approximate surface area is 110 Å². The highest BCUT2D eigenvalue weighted by Crippen LogP contribution is 2.19. The molecule has 0 aromatic rings. The number of aliphatic hydroxyl groups is 1. The summed E-state index contributed by atoms with van der Waals surface area (Å²) in [6.45, 7) is 9.33. The van der Waals surface area contributed by atoms with Gasteiger partial charge in [0.1, 0.15) is 0 Å². The van der Waals surface area contributed by atoms with Gasteiger partial charge in [-0.1, -0.05) is 0 Å². The molecule has 2 rings (SSSR count). The van der Waals surface area contributed by atoms with Crippen molar-refractivity contribution < 1.29 is 9.84 Å². The zero-order valence-electron chi connectivity index (χ0n) is 11.7. The van der Waals surface area contributed by atoms with Crippen molar-refractivity contribution >= 4 is 0 Å². The van der Waals surface area contributed by atoms with Gasteiger partial charge < -0.3 is 15.2 Å². The molecule has 0 radical (unpaired) electrons. The van der Waals surface area contributed by atoms with Gasteiger partial charge >= 0.3 is 0 Å². The molecule has 0 aliphatic carbocycles. The van der Waals surface area contributed by atoms with E-state index in [0.29, 0.717) is 6.04 Å². The summed E-state index contributed by atoms with van der Waals surface area (Å²) in [5.74, 6) is 0. The predicted octanol–water partition coefficient (Wildman–Crippen LogP) is -0.637. The Morgan fingerprint density at radius 1 is 1.33 bits per heavy atom. The highest BCUT2D eigenvalue weighted by molar-refractivity contribution is 4.91. The minimum atomic E-state index is -0.181. The van der Waals surface area contributed by atoms with Crippen molar-refractivity contribution in [2.45, 2.75) is 24.9 Å². The molecule has 0 aromatic heterocycles. The van der Waals surface area contributed by atoms with E-state index in [9.17, 15) is 5.11 Å². The van der Waals surface area contributed by atoms with Gasteiger partial charge in [-0.3, -0.25) is 9.80 Å². The summed E-state index contributed by atoms with van der Waals surface area (Å²) in [5.41, 5.74) is -0.181. The highest BCUT2D eigenvalue weighted by Gasteiger charge is 2.32. The van der Waals surface area contributed by atoms with Crippen LogP contribution in [0.5, 0.6) is 0 Å². The Kier molecular flexibility index (Phi) is 4.98. The Balaban J connectivity index is 1.80. The van der Waals surface area contributed by atoms with Crippen molar-refractivity contribution in [1.82, 2.24) is 15.1 Å². The van der Waals surface area contributed by atoms with Crippen molar-refractivity contribution in [1.29, 1.82) is 0 Å². The number of ether oxygens (including phenoxy) is 1. The van der Waals surface area contributed by atoms with E-state index in [-0.39, 0.29) is 12.1 Å². The zero-order chi connectivity index (χ0) is 13.0. The van der Waals surface area contributed by atoms with E-state index in [4.69, 9.17) is 4.74 Å². The first-order valence-electron chi connectivity index (χ1n) is 7.01. The van der Waals surface area contributed by atoms with Crippen LogP contribution < -0.4 is 5.32 Å². The molecular weight excluding hydrogens is 230 g/mol. The van der Waals surface area contributed by atoms with Crippen molar-refractivity contribution in [3.63, 3.8) is 0 Å². The molecule has 0 amide bonds. The van der Waals surface area contributed by atoms with E-state index in [1.54, 1.807) is 0 Å². The van der Waals surface area contributed by atoms with Crippen molar-refractivity contribution in [3.8, 4) is 0 Å². The van der Waals surface area contributed by atoms with Gasteiger partial charge in [0, 0.05) is 32.2 Å². The first-order valence-corrected chi connectivity index (χ1v) is 7.01. The fraction of sp³-hybridized carbons (Fsp3) is 1.00. The molecule has 0 bridgehead atoms. The normalized spacial score (nSPS) is 30.5. The lowest BCUT2D eigenvalue weighted by Crippen LogP contribution is -2.53. The van der Waals surface area contributed by atoms with Gasteiger partial charge in [-0.25, -0.2) is 0 Å². The van der Waals surface area contributed by atoms with Crippen LogP contribution in [0.15, 0.2) is 0 Å². The third-order valence-electron chi connectivity index (χ3n) is 4.33. The lowest BCUT2D eigenvalue weighted by Gasteiger charge is -2.34. The quantitative estimate of drug-likeness (QED) is 0.686. The first kappa shape index (κ1) is 14.2. The van der Waals surface area contributed by atoms with Crippen LogP contribution in [0.4, 0.5) is 0 Å². The molecular formula is C13H27N3O2. The summed E-state index contributed by atoms with van der Waals surface area (Å²) in [4.78, 5) is 5.02. The zero-order valence-corrected chi connectivity index (χ0v) is 11.7. The van der Waals surface area contributed by atoms with Crippen LogP contribution >= 0.6 is 0 Å². The van der Waals surface area contributed by atoms with E-state index >= 15 is 0 Å². The van der Waals surface area contributed by atoms with E-state index < -0.39 is 0 Å². The van der Waals surface area contributed by atoms with E-state index in [1.165, 1.54) is 6.42 Å². The standard InChI is InChI=1S/C13H27N3O2/c1-13(11-17,14-2)10-15-4-3-12(9-15)16-5-7-18-8-6-16/h12,14,17H,3-11H2,1-2H3. The molecule has 2 heterocycles. The van der Waals surface area contributed by atoms with Crippen molar-refractivity contribution in [3.05, 3.63) is 0 Å². The summed E-state index contributed by atoms with van der Waals surface area (Å²) in [7, 11) is 1.92. The monoisotopic (exact) mass is 257 g/mol. The van der Waals surface area contributed by atoms with Gasteiger partial charge in [0.2, 0.25) is 0 Å². The Morgan fingerprint density at radius 3 is 2.67 bits per heavy atom. The second-order valence-corrected chi connectivity index (χ2v) is 5.79. The summed E-state index contributed by atoms with van der Waals surface area (Å²) in [5, 5.41) is 12.7. The number of nitrogens with one attached hydrogen (secondary N) is 1. The first-order chi connectivity index (χ1) is 8.67. The van der Waals surface area contributed by atoms with Crippen molar-refractivity contribution in [2.75, 3.05) is 59.6 Å². The third kappa shape index (κ3) is 3.42. The number of hydrogen-bond donors (Lipinski definition) is 2. The number of likely N-dealkylation sites (N-methyl/N-ethyl adjacent to an activating group) is 1. The van der Waals surface area contributed by atoms with Crippen LogP contribution in [0, 0.1) is 0 Å². The Bertz CT molecular complexity index is 253. The van der Waals surface area contributed by atoms with Crippen LogP contribution in [-0.4, -0.2) is 86.1 Å². The smallest absolute Gasteiger partial charge is 0.0623 e. The third-order valence-corrected chi connectivity index (χ3v) is 4.33. The van der Waals surface area contributed by atoms with Crippen molar-refractivity contribution in [2.24, 2.45) is 0 Å². The highest BCUT2D eigenvalue weighted by atomic mass is 16.5. The molecule has 0 saturated carbocycles. The van der Waals surface area contributed by atoms with Crippen LogP contribution in [0.2, 0.25) is 0 Å². The van der Waals surface area contributed by atoms with Crippen LogP contribution in [0.25, 0.3) is 0 Å². The second-order valence-electron chi connectivity index (χ2n) is 5.79. The minimum absolute atomic E-state index is 0.181. The SMILES string of the molecule is CNC(C)(CO)CN1CCC(N2CCOCC2)C1. The molecule has 2 aliphatic rings. The molecule has 2 fully saturated rings. The van der Waals surface area contributed by atoms with Gasteiger partial charge in [0.25, 0.3) is 0 Å². The number of aliphatic hydroxyl groups excluding tert-OH is 1. The number of hydrogen-bond acceptors (Lipinski definition) is 5. The fourth-order valence-corrected chi connectivity index (χ4v) is 2.90. The number of likely N-dealkylation sites (tertiary alicyclic amines) is 1. The average Bonchev–Trinajstić information content (AvgIpc) is 2.88. The second kappa shape index (κ2) is 6.30. The molecule has 2 atom stereocenters. The molecule has 2 aliphatic heterocycles. The van der Waals surface area contributed by atoms with Crippen LogP contribution in [-0.2, 0) is 4.74 Å². The predicted molar refractivity (Wildman–Crippen MR) is 71.8 cm³/mol. The van der Waals surface area contributed by atoms with E-state index in [0.717, 1.165) is 45.9 Å². The lowest BCUT2D eigenvalue weighted by atomic mass is 10.0. The Morgan fingerprint density at radius 2 is 2.06 bits per heavy atom. The number of morpholine rings is 1. The van der Waals surface area contributed by atoms with Gasteiger partial charge in [0.05, 0.1) is 25.4 Å². The van der Waals surface area contributed by atoms with Gasteiger partial charge in [-0.15, -0.1) is 0 Å². The molecule has 106 valence electrons. The fourth-order valence-electron chi connectivity index (χ4n) is 2.90. The van der Waals surface area contributed by atoms with Gasteiger partial charge in [0.15, 0.2) is 0 Å². The maximum absolute atomic E-state index is 9.44. The molecule has 5 nitrogen and oxygen atoms in total. The average molecular weight is 257 g/mol. The van der Waals surface area contributed by atoms with Crippen LogP contribution in [0.1, 0.15) is 13.3 Å².